The summed E-state index contributed by atoms with van der Waals surface area (Å²) in [5.41, 5.74) is 12.5. The van der Waals surface area contributed by atoms with E-state index in [0.29, 0.717) is 30.0 Å². The molecule has 0 aromatic heterocycles. The molecule has 162 valence electrons. The van der Waals surface area contributed by atoms with Crippen LogP contribution in [0.3, 0.4) is 0 Å². The Balaban J connectivity index is 1.27. The molecule has 3 N–H and O–H groups in total. The van der Waals surface area contributed by atoms with Crippen LogP contribution in [0, 0.1) is 0 Å². The van der Waals surface area contributed by atoms with Crippen LogP contribution in [-0.4, -0.2) is 16.7 Å². The molecule has 1 aliphatic heterocycles. The van der Waals surface area contributed by atoms with Gasteiger partial charge in [-0.2, -0.15) is 0 Å². The fourth-order valence-corrected chi connectivity index (χ4v) is 4.11. The fraction of sp³-hybridized carbons (Fsp3) is 0.0714. The summed E-state index contributed by atoms with van der Waals surface area (Å²) in [6.45, 7) is 1.06. The average Bonchev–Trinajstić information content (AvgIpc) is 3.16. The van der Waals surface area contributed by atoms with Crippen LogP contribution >= 0.6 is 0 Å². The molecule has 0 spiro atoms. The third kappa shape index (κ3) is 4.21. The van der Waals surface area contributed by atoms with E-state index in [-0.39, 0.29) is 11.8 Å². The van der Waals surface area contributed by atoms with Gasteiger partial charge < -0.3 is 16.0 Å². The molecule has 0 unspecified atom stereocenters. The van der Waals surface area contributed by atoms with Gasteiger partial charge in [-0.05, 0) is 58.7 Å². The second-order valence-corrected chi connectivity index (χ2v) is 8.14. The highest BCUT2D eigenvalue weighted by Gasteiger charge is 2.27. The van der Waals surface area contributed by atoms with Gasteiger partial charge in [-0.25, -0.2) is 0 Å². The summed E-state index contributed by atoms with van der Waals surface area (Å²) in [7, 11) is 0. The number of nitrogens with one attached hydrogen (secondary N) is 1. The predicted octanol–water partition coefficient (Wildman–Crippen LogP) is 5.34. The van der Waals surface area contributed by atoms with Crippen molar-refractivity contribution < 1.29 is 9.59 Å². The van der Waals surface area contributed by atoms with E-state index < -0.39 is 0 Å². The summed E-state index contributed by atoms with van der Waals surface area (Å²) in [6, 6.07) is 30.6. The second-order valence-electron chi connectivity index (χ2n) is 8.14. The van der Waals surface area contributed by atoms with Crippen molar-refractivity contribution in [1.29, 1.82) is 0 Å². The Bertz CT molecular complexity index is 1330. The monoisotopic (exact) mass is 433 g/mol. The van der Waals surface area contributed by atoms with Gasteiger partial charge in [0, 0.05) is 24.2 Å². The van der Waals surface area contributed by atoms with Gasteiger partial charge in [0.2, 0.25) is 0 Å². The lowest BCUT2D eigenvalue weighted by Gasteiger charge is -2.16. The first-order valence-corrected chi connectivity index (χ1v) is 10.8. The number of carbonyl (C=O) groups is 2. The molecule has 1 heterocycles. The highest BCUT2D eigenvalue weighted by Crippen LogP contribution is 2.29. The van der Waals surface area contributed by atoms with Crippen LogP contribution in [0.1, 0.15) is 31.8 Å². The van der Waals surface area contributed by atoms with Gasteiger partial charge in [0.05, 0.1) is 11.4 Å². The van der Waals surface area contributed by atoms with E-state index in [2.05, 4.69) is 23.5 Å². The Labute approximate surface area is 192 Å². The number of nitrogen functional groups attached to an aromatic ring is 1. The van der Waals surface area contributed by atoms with Crippen molar-refractivity contribution in [1.82, 2.24) is 4.90 Å². The average molecular weight is 434 g/mol. The molecule has 2 amide bonds. The number of hydrogen-bond donors (Lipinski definition) is 2. The van der Waals surface area contributed by atoms with E-state index in [1.165, 1.54) is 0 Å². The zero-order valence-electron chi connectivity index (χ0n) is 18.0. The summed E-state index contributed by atoms with van der Waals surface area (Å²) < 4.78 is 0. The Morgan fingerprint density at radius 3 is 2.33 bits per heavy atom. The first-order chi connectivity index (χ1) is 16.1. The molecule has 5 nitrogen and oxygen atoms in total. The third-order valence-electron chi connectivity index (χ3n) is 5.89. The highest BCUT2D eigenvalue weighted by atomic mass is 16.2. The predicted molar refractivity (Wildman–Crippen MR) is 131 cm³/mol. The quantitative estimate of drug-likeness (QED) is 0.417. The molecule has 5 rings (SSSR count). The summed E-state index contributed by atoms with van der Waals surface area (Å²) in [6.07, 6.45) is 0. The maximum absolute atomic E-state index is 12.9. The Kier molecular flexibility index (Phi) is 5.37. The maximum atomic E-state index is 12.9. The molecule has 1 aliphatic rings. The minimum absolute atomic E-state index is 0.0333. The van der Waals surface area contributed by atoms with Crippen molar-refractivity contribution in [2.24, 2.45) is 0 Å². The standard InChI is InChI=1S/C28H23N3O2/c29-25-8-4-5-9-26(25)30-27(32)21-12-10-19(11-13-21)17-31-18-23-16-22(14-15-24(23)28(31)33)20-6-2-1-3-7-20/h1-16H,17-18,29H2,(H,30,32). The Morgan fingerprint density at radius 2 is 1.58 bits per heavy atom. The topological polar surface area (TPSA) is 75.4 Å². The SMILES string of the molecule is Nc1ccccc1NC(=O)c1ccc(CN2Cc3cc(-c4ccccc4)ccc3C2=O)cc1. The van der Waals surface area contributed by atoms with Gasteiger partial charge >= 0.3 is 0 Å². The van der Waals surface area contributed by atoms with Gasteiger partial charge in [0.25, 0.3) is 11.8 Å². The number of rotatable bonds is 5. The summed E-state index contributed by atoms with van der Waals surface area (Å²) in [5, 5.41) is 2.83. The maximum Gasteiger partial charge on any atom is 0.255 e. The molecule has 0 fully saturated rings. The van der Waals surface area contributed by atoms with E-state index in [4.69, 9.17) is 5.73 Å². The van der Waals surface area contributed by atoms with E-state index in [1.54, 1.807) is 24.3 Å². The van der Waals surface area contributed by atoms with Crippen LogP contribution < -0.4 is 11.1 Å². The lowest BCUT2D eigenvalue weighted by Crippen LogP contribution is -2.23. The van der Waals surface area contributed by atoms with E-state index in [1.807, 2.05) is 59.5 Å². The number of nitrogens with two attached hydrogens (primary N) is 1. The van der Waals surface area contributed by atoms with E-state index >= 15 is 0 Å². The molecule has 0 bridgehead atoms. The lowest BCUT2D eigenvalue weighted by atomic mass is 10.0. The second kappa shape index (κ2) is 8.63. The van der Waals surface area contributed by atoms with Crippen LogP contribution in [0.15, 0.2) is 97.1 Å². The minimum Gasteiger partial charge on any atom is -0.397 e. The molecule has 0 aliphatic carbocycles. The van der Waals surface area contributed by atoms with Crippen LogP contribution in [-0.2, 0) is 13.1 Å². The number of fused-ring (bicyclic) bond motifs is 1. The molecule has 0 atom stereocenters. The van der Waals surface area contributed by atoms with Crippen molar-refractivity contribution in [2.75, 3.05) is 11.1 Å². The number of hydrogen-bond acceptors (Lipinski definition) is 3. The van der Waals surface area contributed by atoms with E-state index in [0.717, 1.165) is 27.8 Å². The third-order valence-corrected chi connectivity index (χ3v) is 5.89. The molecule has 4 aromatic rings. The lowest BCUT2D eigenvalue weighted by molar-refractivity contribution is 0.0766. The van der Waals surface area contributed by atoms with Gasteiger partial charge in [-0.1, -0.05) is 60.7 Å². The van der Waals surface area contributed by atoms with Crippen LogP contribution in [0.2, 0.25) is 0 Å². The highest BCUT2D eigenvalue weighted by molar-refractivity contribution is 6.05. The van der Waals surface area contributed by atoms with Crippen LogP contribution in [0.4, 0.5) is 11.4 Å². The normalized spacial score (nSPS) is 12.5. The van der Waals surface area contributed by atoms with Crippen molar-refractivity contribution >= 4 is 23.2 Å². The zero-order chi connectivity index (χ0) is 22.8. The molecule has 0 radical (unpaired) electrons. The van der Waals surface area contributed by atoms with Crippen molar-refractivity contribution in [3.8, 4) is 11.1 Å². The Morgan fingerprint density at radius 1 is 0.848 bits per heavy atom. The number of carbonyl (C=O) groups excluding carboxylic acids is 2. The Hall–Kier alpha value is -4.38. The number of nitrogens with zero attached hydrogens (tertiary/aromatic N) is 1. The first-order valence-electron chi connectivity index (χ1n) is 10.8. The number of benzene rings is 4. The smallest absolute Gasteiger partial charge is 0.255 e. The summed E-state index contributed by atoms with van der Waals surface area (Å²) in [4.78, 5) is 27.3. The summed E-state index contributed by atoms with van der Waals surface area (Å²) >= 11 is 0. The number of para-hydroxylation sites is 2. The molecule has 5 heteroatoms. The first kappa shape index (κ1) is 20.5. The molecule has 0 saturated heterocycles. The van der Waals surface area contributed by atoms with Crippen molar-refractivity contribution in [3.05, 3.63) is 119 Å². The van der Waals surface area contributed by atoms with Crippen LogP contribution in [0.5, 0.6) is 0 Å². The van der Waals surface area contributed by atoms with Gasteiger partial charge in [-0.15, -0.1) is 0 Å². The molecule has 0 saturated carbocycles. The summed E-state index contributed by atoms with van der Waals surface area (Å²) in [5.74, 6) is -0.191. The van der Waals surface area contributed by atoms with Gasteiger partial charge in [0.15, 0.2) is 0 Å². The number of amides is 2. The van der Waals surface area contributed by atoms with Crippen LogP contribution in [0.25, 0.3) is 11.1 Å². The molecule has 33 heavy (non-hydrogen) atoms. The number of anilines is 2. The molecular weight excluding hydrogens is 410 g/mol. The van der Waals surface area contributed by atoms with Crippen molar-refractivity contribution in [2.45, 2.75) is 13.1 Å². The van der Waals surface area contributed by atoms with Crippen molar-refractivity contribution in [3.63, 3.8) is 0 Å². The fourth-order valence-electron chi connectivity index (χ4n) is 4.11. The minimum atomic E-state index is -0.224. The molecule has 4 aromatic carbocycles. The molecular formula is C28H23N3O2. The van der Waals surface area contributed by atoms with Gasteiger partial charge in [-0.3, -0.25) is 9.59 Å². The van der Waals surface area contributed by atoms with Gasteiger partial charge in [0.1, 0.15) is 0 Å². The largest absolute Gasteiger partial charge is 0.397 e. The zero-order valence-corrected chi connectivity index (χ0v) is 18.0. The van der Waals surface area contributed by atoms with E-state index in [9.17, 15) is 9.59 Å².